The van der Waals surface area contributed by atoms with Crippen molar-refractivity contribution in [2.45, 2.75) is 18.6 Å². The Labute approximate surface area is 191 Å². The Hall–Kier alpha value is -2.59. The fraction of sp³-hybridized carbons (Fsp3) is 0.565. The minimum absolute atomic E-state index is 0.0328. The van der Waals surface area contributed by atoms with Gasteiger partial charge in [-0.2, -0.15) is 13.2 Å². The van der Waals surface area contributed by atoms with Crippen LogP contribution in [0.2, 0.25) is 0 Å². The van der Waals surface area contributed by atoms with Gasteiger partial charge in [-0.3, -0.25) is 14.5 Å². The Balaban J connectivity index is 1.55. The average molecular weight is 467 g/mol. The maximum absolute atomic E-state index is 13.3. The number of carbonyl (C=O) groups excluding carboxylic acids is 2. The Morgan fingerprint density at radius 2 is 1.94 bits per heavy atom. The summed E-state index contributed by atoms with van der Waals surface area (Å²) in [5, 5.41) is 2.80. The van der Waals surface area contributed by atoms with Crippen molar-refractivity contribution in [3.63, 3.8) is 0 Å². The summed E-state index contributed by atoms with van der Waals surface area (Å²) in [6, 6.07) is 3.54. The van der Waals surface area contributed by atoms with Crippen LogP contribution in [0.3, 0.4) is 0 Å². The largest absolute Gasteiger partial charge is 0.416 e. The van der Waals surface area contributed by atoms with Crippen LogP contribution < -0.4 is 10.2 Å². The lowest BCUT2D eigenvalue weighted by Crippen LogP contribution is -2.62. The molecule has 0 radical (unpaired) electrons. The maximum atomic E-state index is 13.3. The summed E-state index contributed by atoms with van der Waals surface area (Å²) in [5.74, 6) is -0.707. The smallest absolute Gasteiger partial charge is 0.378 e. The highest BCUT2D eigenvalue weighted by Gasteiger charge is 2.43. The molecule has 0 aromatic heterocycles. The lowest BCUT2D eigenvalue weighted by molar-refractivity contribution is -0.138. The second-order valence-electron chi connectivity index (χ2n) is 8.67. The summed E-state index contributed by atoms with van der Waals surface area (Å²) in [4.78, 5) is 31.6. The highest BCUT2D eigenvalue weighted by molar-refractivity contribution is 5.82. The van der Waals surface area contributed by atoms with E-state index in [1.165, 1.54) is 6.07 Å². The Kier molecular flexibility index (Phi) is 6.94. The van der Waals surface area contributed by atoms with Crippen LogP contribution >= 0.6 is 0 Å². The topological polar surface area (TPSA) is 65.1 Å². The molecule has 1 N–H and O–H groups in total. The Morgan fingerprint density at radius 1 is 1.18 bits per heavy atom. The van der Waals surface area contributed by atoms with Crippen molar-refractivity contribution in [2.75, 3.05) is 63.9 Å². The van der Waals surface area contributed by atoms with Gasteiger partial charge in [0.05, 0.1) is 37.3 Å². The molecule has 2 fully saturated rings. The summed E-state index contributed by atoms with van der Waals surface area (Å²) in [6.07, 6.45) is -2.65. The molecule has 1 aromatic carbocycles. The second kappa shape index (κ2) is 9.72. The number of fused-ring (bicyclic) bond motifs is 3. The predicted molar refractivity (Wildman–Crippen MR) is 117 cm³/mol. The molecule has 33 heavy (non-hydrogen) atoms. The number of hydrogen-bond donors (Lipinski definition) is 1. The van der Waals surface area contributed by atoms with Gasteiger partial charge in [0.15, 0.2) is 0 Å². The first-order chi connectivity index (χ1) is 15.8. The van der Waals surface area contributed by atoms with Crippen molar-refractivity contribution in [1.29, 1.82) is 0 Å². The zero-order chi connectivity index (χ0) is 23.6. The first kappa shape index (κ1) is 23.6. The fourth-order valence-electron chi connectivity index (χ4n) is 4.91. The zero-order valence-electron chi connectivity index (χ0n) is 18.4. The number of morpholine rings is 1. The highest BCUT2D eigenvalue weighted by Crippen LogP contribution is 2.39. The van der Waals surface area contributed by atoms with Crippen LogP contribution in [0.5, 0.6) is 0 Å². The van der Waals surface area contributed by atoms with Gasteiger partial charge in [-0.15, -0.1) is 6.58 Å². The molecule has 4 rings (SSSR count). The highest BCUT2D eigenvalue weighted by atomic mass is 19.4. The van der Waals surface area contributed by atoms with Gasteiger partial charge >= 0.3 is 6.18 Å². The third kappa shape index (κ3) is 5.16. The van der Waals surface area contributed by atoms with E-state index >= 15 is 0 Å². The van der Waals surface area contributed by atoms with E-state index in [0.717, 1.165) is 17.8 Å². The SMILES string of the molecule is C=CCNC(=O)[C@@H]1Cc2cc(C(F)(F)F)ccc2N2CCN(CC(=O)N3CCOCC3)C[C@@H]12. The van der Waals surface area contributed by atoms with E-state index in [-0.39, 0.29) is 37.4 Å². The normalized spacial score (nSPS) is 23.5. The number of benzene rings is 1. The van der Waals surface area contributed by atoms with Gasteiger partial charge in [-0.25, -0.2) is 0 Å². The third-order valence-corrected chi connectivity index (χ3v) is 6.60. The molecule has 2 amide bonds. The summed E-state index contributed by atoms with van der Waals surface area (Å²) in [7, 11) is 0. The third-order valence-electron chi connectivity index (χ3n) is 6.60. The molecule has 7 nitrogen and oxygen atoms in total. The molecule has 1 aromatic rings. The Morgan fingerprint density at radius 3 is 2.64 bits per heavy atom. The number of nitrogens with one attached hydrogen (secondary N) is 1. The summed E-state index contributed by atoms with van der Waals surface area (Å²) in [6.45, 7) is 7.98. The molecule has 0 unspecified atom stereocenters. The van der Waals surface area contributed by atoms with E-state index in [1.54, 1.807) is 11.0 Å². The number of nitrogens with zero attached hydrogens (tertiary/aromatic N) is 3. The first-order valence-corrected chi connectivity index (χ1v) is 11.2. The van der Waals surface area contributed by atoms with Crippen molar-refractivity contribution >= 4 is 17.5 Å². The van der Waals surface area contributed by atoms with E-state index in [4.69, 9.17) is 4.74 Å². The molecule has 3 aliphatic rings. The van der Waals surface area contributed by atoms with Crippen molar-refractivity contribution < 1.29 is 27.5 Å². The molecule has 3 heterocycles. The van der Waals surface area contributed by atoms with Crippen molar-refractivity contribution in [3.05, 3.63) is 42.0 Å². The minimum atomic E-state index is -4.44. The molecule has 2 saturated heterocycles. The predicted octanol–water partition coefficient (Wildman–Crippen LogP) is 1.53. The van der Waals surface area contributed by atoms with Gasteiger partial charge in [0, 0.05) is 45.0 Å². The van der Waals surface area contributed by atoms with E-state index in [1.807, 2.05) is 9.80 Å². The number of piperazine rings is 1. The number of halogens is 3. The molecular formula is C23H29F3N4O3. The number of alkyl halides is 3. The van der Waals surface area contributed by atoms with Gasteiger partial charge in [0.2, 0.25) is 11.8 Å². The lowest BCUT2D eigenvalue weighted by Gasteiger charge is -2.49. The monoisotopic (exact) mass is 466 g/mol. The van der Waals surface area contributed by atoms with Crippen LogP contribution in [0.15, 0.2) is 30.9 Å². The molecule has 3 aliphatic heterocycles. The summed E-state index contributed by atoms with van der Waals surface area (Å²) < 4.78 is 45.2. The first-order valence-electron chi connectivity index (χ1n) is 11.2. The molecule has 0 bridgehead atoms. The fourth-order valence-corrected chi connectivity index (χ4v) is 4.91. The van der Waals surface area contributed by atoms with Crippen molar-refractivity contribution in [3.8, 4) is 0 Å². The van der Waals surface area contributed by atoms with Gasteiger partial charge < -0.3 is 19.9 Å². The minimum Gasteiger partial charge on any atom is -0.378 e. The number of amides is 2. The van der Waals surface area contributed by atoms with Crippen LogP contribution in [0.4, 0.5) is 18.9 Å². The maximum Gasteiger partial charge on any atom is 0.416 e. The van der Waals surface area contributed by atoms with E-state index in [9.17, 15) is 22.8 Å². The van der Waals surface area contributed by atoms with E-state index < -0.39 is 17.7 Å². The van der Waals surface area contributed by atoms with Gasteiger partial charge in [-0.1, -0.05) is 6.08 Å². The molecular weight excluding hydrogens is 437 g/mol. The van der Waals surface area contributed by atoms with Crippen LogP contribution in [0, 0.1) is 5.92 Å². The van der Waals surface area contributed by atoms with Crippen molar-refractivity contribution in [2.24, 2.45) is 5.92 Å². The molecule has 2 atom stereocenters. The average Bonchev–Trinajstić information content (AvgIpc) is 2.81. The van der Waals surface area contributed by atoms with Crippen LogP contribution in [0.25, 0.3) is 0 Å². The van der Waals surface area contributed by atoms with Gasteiger partial charge in [-0.05, 0) is 30.2 Å². The second-order valence-corrected chi connectivity index (χ2v) is 8.67. The van der Waals surface area contributed by atoms with Crippen LogP contribution in [-0.2, 0) is 26.9 Å². The molecule has 10 heteroatoms. The molecule has 0 saturated carbocycles. The summed E-state index contributed by atoms with van der Waals surface area (Å²) >= 11 is 0. The Bertz CT molecular complexity index is 901. The summed E-state index contributed by atoms with van der Waals surface area (Å²) in [5.41, 5.74) is 0.553. The van der Waals surface area contributed by atoms with E-state index in [0.29, 0.717) is 51.5 Å². The molecule has 0 aliphatic carbocycles. The standard InChI is InChI=1S/C23H29F3N4O3/c1-2-5-27-22(32)18-13-16-12-17(23(24,25)26)3-4-19(16)30-7-6-28(14-20(18)30)15-21(31)29-8-10-33-11-9-29/h2-4,12,18,20H,1,5-11,13-15H2,(H,27,32)/t18-,20+/m1/s1. The number of rotatable bonds is 5. The van der Waals surface area contributed by atoms with Crippen LogP contribution in [0.1, 0.15) is 11.1 Å². The number of hydrogen-bond acceptors (Lipinski definition) is 5. The zero-order valence-corrected chi connectivity index (χ0v) is 18.4. The van der Waals surface area contributed by atoms with Crippen LogP contribution in [-0.4, -0.2) is 86.7 Å². The molecule has 180 valence electrons. The number of ether oxygens (including phenoxy) is 1. The number of anilines is 1. The van der Waals surface area contributed by atoms with Gasteiger partial charge in [0.1, 0.15) is 0 Å². The quantitative estimate of drug-likeness (QED) is 0.667. The van der Waals surface area contributed by atoms with E-state index in [2.05, 4.69) is 11.9 Å². The lowest BCUT2D eigenvalue weighted by atomic mass is 9.82. The van der Waals surface area contributed by atoms with Gasteiger partial charge in [0.25, 0.3) is 0 Å². The number of carbonyl (C=O) groups is 2. The molecule has 0 spiro atoms. The van der Waals surface area contributed by atoms with Crippen molar-refractivity contribution in [1.82, 2.24) is 15.1 Å².